The van der Waals surface area contributed by atoms with Crippen molar-refractivity contribution in [1.82, 2.24) is 4.98 Å². The van der Waals surface area contributed by atoms with E-state index >= 15 is 0 Å². The zero-order chi connectivity index (χ0) is 25.1. The van der Waals surface area contributed by atoms with E-state index in [1.54, 1.807) is 32.5 Å². The van der Waals surface area contributed by atoms with Crippen molar-refractivity contribution in [3.05, 3.63) is 95.6 Å². The molecule has 0 aliphatic rings. The molecule has 1 N–H and O–H groups in total. The van der Waals surface area contributed by atoms with E-state index in [1.807, 2.05) is 66.7 Å². The molecule has 36 heavy (non-hydrogen) atoms. The van der Waals surface area contributed by atoms with Crippen LogP contribution in [0, 0.1) is 0 Å². The molecule has 5 rings (SSSR count). The molecule has 0 fully saturated rings. The van der Waals surface area contributed by atoms with Crippen LogP contribution in [0.4, 0.5) is 5.69 Å². The van der Waals surface area contributed by atoms with Crippen LogP contribution in [0.15, 0.2) is 85.1 Å². The number of hydrogen-bond acceptors (Lipinski definition) is 5. The monoisotopic (exact) mass is 498 g/mol. The van der Waals surface area contributed by atoms with E-state index in [9.17, 15) is 4.79 Å². The van der Waals surface area contributed by atoms with Gasteiger partial charge in [0, 0.05) is 33.7 Å². The van der Waals surface area contributed by atoms with Gasteiger partial charge in [-0.1, -0.05) is 35.9 Å². The minimum atomic E-state index is -0.0993. The Balaban J connectivity index is 1.40. The molecule has 1 aromatic heterocycles. The molecular weight excluding hydrogens is 476 g/mol. The highest BCUT2D eigenvalue weighted by Gasteiger charge is 2.12. The van der Waals surface area contributed by atoms with Crippen molar-refractivity contribution < 1.29 is 19.0 Å². The molecule has 0 aliphatic heterocycles. The standard InChI is InChI=1S/C29H23ClN2O4/c1-34-27-16-23-25(17-28(27)35-2)31-13-12-26(23)36-21-10-11-22-19(15-21)4-3-5-24(22)32-29(33)14-18-6-8-20(30)9-7-18/h3-13,15-17H,14H2,1-2H3,(H,32,33). The summed E-state index contributed by atoms with van der Waals surface area (Å²) in [5, 5.41) is 6.32. The van der Waals surface area contributed by atoms with Gasteiger partial charge in [0.1, 0.15) is 11.5 Å². The van der Waals surface area contributed by atoms with Gasteiger partial charge in [0.15, 0.2) is 11.5 Å². The maximum absolute atomic E-state index is 12.6. The largest absolute Gasteiger partial charge is 0.493 e. The highest BCUT2D eigenvalue weighted by Crippen LogP contribution is 2.37. The topological polar surface area (TPSA) is 69.7 Å². The molecule has 4 aromatic carbocycles. The molecule has 0 unspecified atom stereocenters. The Labute approximate surface area is 213 Å². The second kappa shape index (κ2) is 10.1. The van der Waals surface area contributed by atoms with Crippen molar-refractivity contribution in [2.24, 2.45) is 0 Å². The third-order valence-corrected chi connectivity index (χ3v) is 6.09. The van der Waals surface area contributed by atoms with E-state index < -0.39 is 0 Å². The minimum Gasteiger partial charge on any atom is -0.493 e. The summed E-state index contributed by atoms with van der Waals surface area (Å²) in [5.74, 6) is 2.41. The minimum absolute atomic E-state index is 0.0993. The lowest BCUT2D eigenvalue weighted by Crippen LogP contribution is -2.14. The second-order valence-corrected chi connectivity index (χ2v) is 8.61. The molecule has 7 heteroatoms. The Kier molecular flexibility index (Phi) is 6.60. The molecule has 1 amide bonds. The molecular formula is C29H23ClN2O4. The van der Waals surface area contributed by atoms with Gasteiger partial charge in [0.25, 0.3) is 0 Å². The number of nitrogens with one attached hydrogen (secondary N) is 1. The first-order valence-corrected chi connectivity index (χ1v) is 11.7. The number of anilines is 1. The van der Waals surface area contributed by atoms with Crippen LogP contribution in [0.3, 0.4) is 0 Å². The molecule has 0 saturated carbocycles. The lowest BCUT2D eigenvalue weighted by molar-refractivity contribution is -0.115. The normalized spacial score (nSPS) is 10.9. The summed E-state index contributed by atoms with van der Waals surface area (Å²) in [5.41, 5.74) is 2.37. The number of methoxy groups -OCH3 is 2. The molecule has 0 aliphatic carbocycles. The number of rotatable bonds is 7. The Morgan fingerprint density at radius 2 is 1.64 bits per heavy atom. The van der Waals surface area contributed by atoms with Crippen LogP contribution in [-0.2, 0) is 11.2 Å². The number of nitrogens with zero attached hydrogens (tertiary/aromatic N) is 1. The van der Waals surface area contributed by atoms with E-state index in [0.717, 1.165) is 32.9 Å². The Hall–Kier alpha value is -4.29. The third-order valence-electron chi connectivity index (χ3n) is 5.84. The Bertz CT molecular complexity index is 1570. The number of benzene rings is 4. The first-order valence-electron chi connectivity index (χ1n) is 11.3. The SMILES string of the molecule is COc1cc2nccc(Oc3ccc4c(NC(=O)Cc5ccc(Cl)cc5)cccc4c3)c2cc1OC. The smallest absolute Gasteiger partial charge is 0.228 e. The van der Waals surface area contributed by atoms with Gasteiger partial charge in [-0.15, -0.1) is 0 Å². The number of aromatic nitrogens is 1. The average Bonchev–Trinajstić information content (AvgIpc) is 2.89. The van der Waals surface area contributed by atoms with Gasteiger partial charge in [-0.25, -0.2) is 0 Å². The number of fused-ring (bicyclic) bond motifs is 2. The van der Waals surface area contributed by atoms with Crippen molar-refractivity contribution in [3.63, 3.8) is 0 Å². The number of hydrogen-bond donors (Lipinski definition) is 1. The number of halogens is 1. The first kappa shape index (κ1) is 23.5. The Morgan fingerprint density at radius 3 is 2.42 bits per heavy atom. The summed E-state index contributed by atoms with van der Waals surface area (Å²) < 4.78 is 17.1. The third kappa shape index (κ3) is 4.90. The first-order chi connectivity index (χ1) is 17.5. The summed E-state index contributed by atoms with van der Waals surface area (Å²) in [6, 6.07) is 24.3. The highest BCUT2D eigenvalue weighted by molar-refractivity contribution is 6.30. The number of carbonyl (C=O) groups is 1. The number of pyridine rings is 1. The van der Waals surface area contributed by atoms with Crippen LogP contribution in [0.2, 0.25) is 5.02 Å². The average molecular weight is 499 g/mol. The molecule has 6 nitrogen and oxygen atoms in total. The van der Waals surface area contributed by atoms with Crippen LogP contribution in [0.1, 0.15) is 5.56 Å². The van der Waals surface area contributed by atoms with Crippen molar-refractivity contribution >= 4 is 44.9 Å². The lowest BCUT2D eigenvalue weighted by Gasteiger charge is -2.13. The summed E-state index contributed by atoms with van der Waals surface area (Å²) in [7, 11) is 3.18. The molecule has 5 aromatic rings. The van der Waals surface area contributed by atoms with Crippen LogP contribution in [0.25, 0.3) is 21.7 Å². The van der Waals surface area contributed by atoms with Crippen LogP contribution >= 0.6 is 11.6 Å². The van der Waals surface area contributed by atoms with Gasteiger partial charge in [-0.3, -0.25) is 9.78 Å². The maximum atomic E-state index is 12.6. The summed E-state index contributed by atoms with van der Waals surface area (Å²) in [4.78, 5) is 17.1. The van der Waals surface area contributed by atoms with Gasteiger partial charge in [-0.05, 0) is 59.5 Å². The fourth-order valence-electron chi connectivity index (χ4n) is 4.08. The van der Waals surface area contributed by atoms with E-state index in [0.29, 0.717) is 28.0 Å². The van der Waals surface area contributed by atoms with E-state index in [2.05, 4.69) is 10.3 Å². The number of amides is 1. The van der Waals surface area contributed by atoms with Crippen LogP contribution in [-0.4, -0.2) is 25.1 Å². The predicted octanol–water partition coefficient (Wildman–Crippen LogP) is 7.03. The van der Waals surface area contributed by atoms with Gasteiger partial charge in [0.2, 0.25) is 5.91 Å². The molecule has 0 radical (unpaired) electrons. The number of carbonyl (C=O) groups excluding carboxylic acids is 1. The van der Waals surface area contributed by atoms with Gasteiger partial charge in [0.05, 0.1) is 26.2 Å². The highest BCUT2D eigenvalue weighted by atomic mass is 35.5. The molecule has 180 valence electrons. The number of ether oxygens (including phenoxy) is 3. The van der Waals surface area contributed by atoms with Crippen molar-refractivity contribution in [3.8, 4) is 23.0 Å². The maximum Gasteiger partial charge on any atom is 0.228 e. The second-order valence-electron chi connectivity index (χ2n) is 8.18. The van der Waals surface area contributed by atoms with Crippen LogP contribution < -0.4 is 19.5 Å². The molecule has 0 saturated heterocycles. The fraction of sp³-hybridized carbons (Fsp3) is 0.103. The summed E-state index contributed by atoms with van der Waals surface area (Å²) in [6.07, 6.45) is 1.96. The molecule has 1 heterocycles. The van der Waals surface area contributed by atoms with Gasteiger partial charge in [-0.2, -0.15) is 0 Å². The zero-order valence-electron chi connectivity index (χ0n) is 19.7. The summed E-state index contributed by atoms with van der Waals surface area (Å²) in [6.45, 7) is 0. The van der Waals surface area contributed by atoms with Crippen molar-refractivity contribution in [1.29, 1.82) is 0 Å². The molecule has 0 bridgehead atoms. The fourth-order valence-corrected chi connectivity index (χ4v) is 4.21. The Morgan fingerprint density at radius 1 is 0.861 bits per heavy atom. The van der Waals surface area contributed by atoms with Crippen molar-refractivity contribution in [2.45, 2.75) is 6.42 Å². The summed E-state index contributed by atoms with van der Waals surface area (Å²) >= 11 is 5.94. The quantitative estimate of drug-likeness (QED) is 0.261. The molecule has 0 atom stereocenters. The van der Waals surface area contributed by atoms with E-state index in [4.69, 9.17) is 25.8 Å². The van der Waals surface area contributed by atoms with E-state index in [1.165, 1.54) is 0 Å². The van der Waals surface area contributed by atoms with Crippen molar-refractivity contribution in [2.75, 3.05) is 19.5 Å². The zero-order valence-corrected chi connectivity index (χ0v) is 20.5. The van der Waals surface area contributed by atoms with Crippen LogP contribution in [0.5, 0.6) is 23.0 Å². The molecule has 0 spiro atoms. The lowest BCUT2D eigenvalue weighted by atomic mass is 10.1. The van der Waals surface area contributed by atoms with Gasteiger partial charge < -0.3 is 19.5 Å². The predicted molar refractivity (Wildman–Crippen MR) is 143 cm³/mol. The van der Waals surface area contributed by atoms with E-state index in [-0.39, 0.29) is 12.3 Å². The van der Waals surface area contributed by atoms with Gasteiger partial charge >= 0.3 is 0 Å².